The van der Waals surface area contributed by atoms with Crippen LogP contribution < -0.4 is 14.4 Å². The third kappa shape index (κ3) is 6.28. The van der Waals surface area contributed by atoms with E-state index < -0.39 is 27.5 Å². The van der Waals surface area contributed by atoms with Gasteiger partial charge >= 0.3 is 6.18 Å². The van der Waals surface area contributed by atoms with Crippen molar-refractivity contribution in [3.63, 3.8) is 0 Å². The largest absolute Gasteiger partial charge is 0.477 e. The number of aromatic nitrogens is 5. The molecule has 4 heterocycles. The molecule has 0 aromatic carbocycles. The lowest BCUT2D eigenvalue weighted by Gasteiger charge is -2.34. The lowest BCUT2D eigenvalue weighted by atomic mass is 9.97. The Kier molecular flexibility index (Phi) is 8.85. The van der Waals surface area contributed by atoms with Crippen LogP contribution in [-0.4, -0.2) is 63.7 Å². The van der Waals surface area contributed by atoms with Gasteiger partial charge in [0.1, 0.15) is 10.7 Å². The first-order valence-corrected chi connectivity index (χ1v) is 15.5. The van der Waals surface area contributed by atoms with Gasteiger partial charge in [0.2, 0.25) is 5.88 Å². The first-order chi connectivity index (χ1) is 19.9. The normalized spacial score (nSPS) is 19.0. The zero-order chi connectivity index (χ0) is 31.5. The first kappa shape index (κ1) is 33.6. The molecule has 1 saturated heterocycles. The number of nitrogens with one attached hydrogen (secondary N) is 1. The van der Waals surface area contributed by atoms with Crippen molar-refractivity contribution in [2.24, 2.45) is 18.4 Å². The average Bonchev–Trinajstić information content (AvgIpc) is 3.34. The fraction of sp³-hybridized carbons (Fsp3) is 0.571. The van der Waals surface area contributed by atoms with E-state index in [1.165, 1.54) is 27.6 Å². The van der Waals surface area contributed by atoms with Gasteiger partial charge in [-0.1, -0.05) is 6.92 Å². The molecule has 242 valence electrons. The van der Waals surface area contributed by atoms with Gasteiger partial charge < -0.3 is 9.64 Å². The summed E-state index contributed by atoms with van der Waals surface area (Å²) in [5.74, 6) is 0.212. The van der Waals surface area contributed by atoms with E-state index in [1.807, 2.05) is 18.7 Å². The van der Waals surface area contributed by atoms with Gasteiger partial charge in [-0.15, -0.1) is 5.10 Å². The molecule has 2 fully saturated rings. The maximum Gasteiger partial charge on any atom is 0.394 e. The van der Waals surface area contributed by atoms with Crippen LogP contribution in [0.15, 0.2) is 29.3 Å². The van der Waals surface area contributed by atoms with Crippen molar-refractivity contribution < 1.29 is 31.1 Å². The molecular formula is C28H38F3N7O4S2. The summed E-state index contributed by atoms with van der Waals surface area (Å²) in [5.41, 5.74) is -1.32. The highest BCUT2D eigenvalue weighted by Crippen LogP contribution is 2.59. The Morgan fingerprint density at radius 3 is 2.39 bits per heavy atom. The minimum Gasteiger partial charge on any atom is -0.477 e. The molecule has 44 heavy (non-hydrogen) atoms. The van der Waals surface area contributed by atoms with Crippen LogP contribution in [0.4, 0.5) is 19.0 Å². The van der Waals surface area contributed by atoms with Crippen molar-refractivity contribution in [1.82, 2.24) is 29.3 Å². The molecule has 1 aliphatic heterocycles. The summed E-state index contributed by atoms with van der Waals surface area (Å²) >= 11 is 0. The fourth-order valence-corrected chi connectivity index (χ4v) is 7.38. The molecule has 16 heteroatoms. The smallest absolute Gasteiger partial charge is 0.394 e. The number of hydrogen-bond donors (Lipinski definition) is 1. The number of ether oxygens (including phenoxy) is 1. The van der Waals surface area contributed by atoms with Gasteiger partial charge in [-0.2, -0.15) is 31.8 Å². The number of amides is 1. The van der Waals surface area contributed by atoms with Gasteiger partial charge in [0.25, 0.3) is 15.9 Å². The second-order valence-electron chi connectivity index (χ2n) is 12.3. The highest BCUT2D eigenvalue weighted by atomic mass is 32.2. The van der Waals surface area contributed by atoms with Crippen LogP contribution in [0.5, 0.6) is 5.88 Å². The maximum absolute atomic E-state index is 13.6. The van der Waals surface area contributed by atoms with Crippen LogP contribution in [0.3, 0.4) is 0 Å². The Hall–Kier alpha value is -3.27. The third-order valence-corrected chi connectivity index (χ3v) is 10.0. The molecule has 11 nitrogen and oxygen atoms in total. The van der Waals surface area contributed by atoms with E-state index in [-0.39, 0.29) is 78.7 Å². The number of nitrogens with zero attached hydrogens (tertiary/aromatic N) is 6. The molecule has 1 aliphatic carbocycles. The minimum atomic E-state index is -4.25. The van der Waals surface area contributed by atoms with E-state index in [2.05, 4.69) is 21.8 Å². The fourth-order valence-electron chi connectivity index (χ4n) is 5.97. The number of pyridine rings is 1. The standard InChI is InChI=1S/C28H36F3N7O4S.H2S/c1-17-15-26(4,5)37(16-17)24-20(25(39)35-43(40,41)23-18(2)33-36(6)19(23)3)7-8-21(32-24)38-13-9-22(34-38)42-14-12-27(10-11-27)28(29,30)31;/h7-9,13,17H,10-12,14-16H2,1-6H3,(H,35,39);1H2/t17-;/m0./s1. The molecule has 0 bridgehead atoms. The molecule has 2 aliphatic rings. The summed E-state index contributed by atoms with van der Waals surface area (Å²) in [7, 11) is -2.62. The topological polar surface area (TPSA) is 124 Å². The monoisotopic (exact) mass is 657 g/mol. The highest BCUT2D eigenvalue weighted by molar-refractivity contribution is 7.90. The first-order valence-electron chi connectivity index (χ1n) is 14.1. The minimum absolute atomic E-state index is 0. The number of hydrogen-bond acceptors (Lipinski definition) is 8. The summed E-state index contributed by atoms with van der Waals surface area (Å²) < 4.78 is 76.8. The molecule has 3 aromatic rings. The lowest BCUT2D eigenvalue weighted by molar-refractivity contribution is -0.190. The number of carbonyl (C=O) groups is 1. The number of alkyl halides is 3. The van der Waals surface area contributed by atoms with Crippen molar-refractivity contribution in [3.8, 4) is 11.7 Å². The van der Waals surface area contributed by atoms with Crippen molar-refractivity contribution >= 4 is 35.2 Å². The predicted molar refractivity (Wildman–Crippen MR) is 162 cm³/mol. The third-order valence-electron chi connectivity index (χ3n) is 8.46. The molecule has 3 aromatic heterocycles. The van der Waals surface area contributed by atoms with E-state index >= 15 is 0 Å². The lowest BCUT2D eigenvalue weighted by Crippen LogP contribution is -2.41. The number of sulfonamides is 1. The maximum atomic E-state index is 13.6. The van der Waals surface area contributed by atoms with Gasteiger partial charge in [-0.05, 0) is 71.4 Å². The van der Waals surface area contributed by atoms with E-state index in [9.17, 15) is 26.4 Å². The number of halogens is 3. The van der Waals surface area contributed by atoms with Crippen molar-refractivity contribution in [3.05, 3.63) is 41.3 Å². The average molecular weight is 658 g/mol. The van der Waals surface area contributed by atoms with Crippen molar-refractivity contribution in [1.29, 1.82) is 0 Å². The summed E-state index contributed by atoms with van der Waals surface area (Å²) in [6, 6.07) is 4.55. The van der Waals surface area contributed by atoms with Gasteiger partial charge in [0, 0.05) is 31.4 Å². The quantitative estimate of drug-likeness (QED) is 0.355. The Morgan fingerprint density at radius 2 is 1.84 bits per heavy atom. The Bertz CT molecular complexity index is 1660. The van der Waals surface area contributed by atoms with Crippen molar-refractivity contribution in [2.75, 3.05) is 18.1 Å². The van der Waals surface area contributed by atoms with Crippen molar-refractivity contribution in [2.45, 2.75) is 76.9 Å². The zero-order valence-corrected chi connectivity index (χ0v) is 27.3. The molecule has 0 radical (unpaired) electrons. The van der Waals surface area contributed by atoms with E-state index in [0.29, 0.717) is 18.1 Å². The second-order valence-corrected chi connectivity index (χ2v) is 13.9. The van der Waals surface area contributed by atoms with Gasteiger partial charge in [0.05, 0.1) is 29.0 Å². The number of aryl methyl sites for hydroxylation is 2. The van der Waals surface area contributed by atoms with E-state index in [0.717, 1.165) is 6.42 Å². The predicted octanol–water partition coefficient (Wildman–Crippen LogP) is 4.59. The summed E-state index contributed by atoms with van der Waals surface area (Å²) in [5, 5.41) is 8.48. The SMILES string of the molecule is Cc1nn(C)c(C)c1S(=O)(=O)NC(=O)c1ccc(-n2ccc(OCCC3(C(F)(F)F)CC3)n2)nc1N1C[C@@H](C)CC1(C)C.S. The van der Waals surface area contributed by atoms with E-state index in [4.69, 9.17) is 9.72 Å². The summed E-state index contributed by atoms with van der Waals surface area (Å²) in [4.78, 5) is 20.2. The van der Waals surface area contributed by atoms with Crippen LogP contribution in [0, 0.1) is 25.2 Å². The number of carbonyl (C=O) groups excluding carboxylic acids is 1. The Balaban J connectivity index is 0.00000442. The Labute approximate surface area is 261 Å². The molecule has 1 saturated carbocycles. The number of rotatable bonds is 9. The molecular weight excluding hydrogens is 619 g/mol. The zero-order valence-electron chi connectivity index (χ0n) is 25.5. The summed E-state index contributed by atoms with van der Waals surface area (Å²) in [6.07, 6.45) is -1.79. The van der Waals surface area contributed by atoms with Crippen LogP contribution in [0.25, 0.3) is 5.82 Å². The molecule has 1 atom stereocenters. The molecule has 5 rings (SSSR count). The van der Waals surface area contributed by atoms with Crippen LogP contribution >= 0.6 is 13.5 Å². The molecule has 1 amide bonds. The Morgan fingerprint density at radius 1 is 1.16 bits per heavy atom. The van der Waals surface area contributed by atoms with Crippen LogP contribution in [0.1, 0.15) is 68.2 Å². The molecule has 0 spiro atoms. The molecule has 1 N–H and O–H groups in total. The van der Waals surface area contributed by atoms with Crippen LogP contribution in [0.2, 0.25) is 0 Å². The van der Waals surface area contributed by atoms with E-state index in [1.54, 1.807) is 27.1 Å². The van der Waals surface area contributed by atoms with Gasteiger partial charge in [-0.3, -0.25) is 9.48 Å². The molecule has 0 unspecified atom stereocenters. The highest BCUT2D eigenvalue weighted by Gasteiger charge is 2.62. The second kappa shape index (κ2) is 11.6. The van der Waals surface area contributed by atoms with Crippen LogP contribution in [-0.2, 0) is 17.1 Å². The summed E-state index contributed by atoms with van der Waals surface area (Å²) in [6.45, 7) is 9.77. The van der Waals surface area contributed by atoms with Gasteiger partial charge in [-0.25, -0.2) is 22.8 Å². The van der Waals surface area contributed by atoms with Gasteiger partial charge in [0.15, 0.2) is 5.82 Å². The number of anilines is 1.